The molecular formula is C14H17N3OS. The van der Waals surface area contributed by atoms with Gasteiger partial charge in [-0.15, -0.1) is 11.3 Å². The lowest BCUT2D eigenvalue weighted by Gasteiger charge is -2.09. The first-order chi connectivity index (χ1) is 9.20. The smallest absolute Gasteiger partial charge is 0.134 e. The zero-order chi connectivity index (χ0) is 13.7. The van der Waals surface area contributed by atoms with Crippen LogP contribution in [0.15, 0.2) is 30.5 Å². The number of benzene rings is 1. The van der Waals surface area contributed by atoms with Crippen LogP contribution >= 0.6 is 11.3 Å². The van der Waals surface area contributed by atoms with Gasteiger partial charge in [0.25, 0.3) is 0 Å². The maximum absolute atomic E-state index is 7.33. The summed E-state index contributed by atoms with van der Waals surface area (Å²) in [5, 5.41) is 8.27. The number of aryl methyl sites for hydroxylation is 1. The standard InChI is InChI=1S/C14H17N3OS/c1-2-10-5-3-4-6-11(10)18-8-7-13-17-9-12(19-13)14(15)16/h3-6,9H,2,7-8H2,1H3,(H3,15,16). The fourth-order valence-corrected chi connectivity index (χ4v) is 2.50. The maximum Gasteiger partial charge on any atom is 0.134 e. The summed E-state index contributed by atoms with van der Waals surface area (Å²) >= 11 is 1.45. The topological polar surface area (TPSA) is 72.0 Å². The number of hydrogen-bond donors (Lipinski definition) is 2. The van der Waals surface area contributed by atoms with E-state index < -0.39 is 0 Å². The van der Waals surface area contributed by atoms with Crippen molar-refractivity contribution in [3.8, 4) is 5.75 Å². The molecule has 1 aromatic heterocycles. The summed E-state index contributed by atoms with van der Waals surface area (Å²) in [5.41, 5.74) is 6.62. The number of hydrogen-bond acceptors (Lipinski definition) is 4. The van der Waals surface area contributed by atoms with Crippen LogP contribution in [0.4, 0.5) is 0 Å². The van der Waals surface area contributed by atoms with Gasteiger partial charge < -0.3 is 10.5 Å². The molecule has 1 heterocycles. The second-order valence-electron chi connectivity index (χ2n) is 4.09. The zero-order valence-corrected chi connectivity index (χ0v) is 11.7. The Bertz CT molecular complexity index is 565. The third kappa shape index (κ3) is 3.54. The normalized spacial score (nSPS) is 10.4. The summed E-state index contributed by atoms with van der Waals surface area (Å²) < 4.78 is 5.78. The number of nitrogen functional groups attached to an aromatic ring is 1. The monoisotopic (exact) mass is 275 g/mol. The van der Waals surface area contributed by atoms with E-state index in [2.05, 4.69) is 18.0 Å². The van der Waals surface area contributed by atoms with Gasteiger partial charge in [-0.25, -0.2) is 4.98 Å². The summed E-state index contributed by atoms with van der Waals surface area (Å²) in [6.45, 7) is 2.70. The average molecular weight is 275 g/mol. The van der Waals surface area contributed by atoms with E-state index in [-0.39, 0.29) is 5.84 Å². The molecule has 0 atom stereocenters. The van der Waals surface area contributed by atoms with Crippen LogP contribution in [0.5, 0.6) is 5.75 Å². The molecule has 0 aliphatic heterocycles. The predicted octanol–water partition coefficient (Wildman–Crippen LogP) is 2.61. The van der Waals surface area contributed by atoms with Gasteiger partial charge in [-0.05, 0) is 18.1 Å². The first kappa shape index (κ1) is 13.5. The largest absolute Gasteiger partial charge is 0.493 e. The number of thiazole rings is 1. The zero-order valence-electron chi connectivity index (χ0n) is 10.8. The number of para-hydroxylation sites is 1. The lowest BCUT2D eigenvalue weighted by molar-refractivity contribution is 0.318. The number of nitrogens with one attached hydrogen (secondary N) is 1. The van der Waals surface area contributed by atoms with Crippen molar-refractivity contribution >= 4 is 17.2 Å². The van der Waals surface area contributed by atoms with Gasteiger partial charge in [0.15, 0.2) is 0 Å². The van der Waals surface area contributed by atoms with Gasteiger partial charge in [0.1, 0.15) is 11.6 Å². The number of amidine groups is 1. The molecule has 0 saturated carbocycles. The van der Waals surface area contributed by atoms with Crippen molar-refractivity contribution in [3.05, 3.63) is 45.9 Å². The molecule has 0 radical (unpaired) electrons. The highest BCUT2D eigenvalue weighted by atomic mass is 32.1. The van der Waals surface area contributed by atoms with Gasteiger partial charge in [0, 0.05) is 12.6 Å². The van der Waals surface area contributed by atoms with Crippen LogP contribution in [-0.4, -0.2) is 17.4 Å². The van der Waals surface area contributed by atoms with Crippen LogP contribution in [0.2, 0.25) is 0 Å². The second-order valence-corrected chi connectivity index (χ2v) is 5.21. The molecule has 0 aliphatic rings. The number of aromatic nitrogens is 1. The van der Waals surface area contributed by atoms with Gasteiger partial charge in [-0.3, -0.25) is 5.41 Å². The van der Waals surface area contributed by atoms with Crippen LogP contribution in [0.1, 0.15) is 22.4 Å². The fourth-order valence-electron chi connectivity index (χ4n) is 1.74. The van der Waals surface area contributed by atoms with E-state index in [0.717, 1.165) is 23.6 Å². The molecule has 0 spiro atoms. The molecule has 1 aromatic carbocycles. The van der Waals surface area contributed by atoms with Crippen molar-refractivity contribution < 1.29 is 4.74 Å². The third-order valence-electron chi connectivity index (χ3n) is 2.75. The fraction of sp³-hybridized carbons (Fsp3) is 0.286. The second kappa shape index (κ2) is 6.33. The van der Waals surface area contributed by atoms with Crippen molar-refractivity contribution in [2.75, 3.05) is 6.61 Å². The third-order valence-corrected chi connectivity index (χ3v) is 3.84. The Hall–Kier alpha value is -1.88. The lowest BCUT2D eigenvalue weighted by atomic mass is 10.1. The average Bonchev–Trinajstić information content (AvgIpc) is 2.88. The van der Waals surface area contributed by atoms with Gasteiger partial charge in [0.2, 0.25) is 0 Å². The molecule has 0 amide bonds. The minimum atomic E-state index is 0.0704. The summed E-state index contributed by atoms with van der Waals surface area (Å²) in [4.78, 5) is 4.94. The van der Waals surface area contributed by atoms with E-state index in [4.69, 9.17) is 15.9 Å². The van der Waals surface area contributed by atoms with E-state index in [1.165, 1.54) is 16.9 Å². The van der Waals surface area contributed by atoms with Crippen LogP contribution in [0.25, 0.3) is 0 Å². The Morgan fingerprint density at radius 2 is 2.21 bits per heavy atom. The quantitative estimate of drug-likeness (QED) is 0.628. The number of ether oxygens (including phenoxy) is 1. The van der Waals surface area contributed by atoms with Crippen molar-refractivity contribution in [2.24, 2.45) is 5.73 Å². The van der Waals surface area contributed by atoms with Gasteiger partial charge in [0.05, 0.1) is 16.5 Å². The summed E-state index contributed by atoms with van der Waals surface area (Å²) in [6.07, 6.45) is 3.33. The highest BCUT2D eigenvalue weighted by Gasteiger charge is 2.05. The molecule has 0 saturated heterocycles. The molecule has 2 rings (SSSR count). The van der Waals surface area contributed by atoms with E-state index in [9.17, 15) is 0 Å². The SMILES string of the molecule is CCc1ccccc1OCCc1ncc(C(=N)N)s1. The van der Waals surface area contributed by atoms with E-state index in [1.807, 2.05) is 18.2 Å². The first-order valence-electron chi connectivity index (χ1n) is 6.20. The number of nitrogens with two attached hydrogens (primary N) is 1. The lowest BCUT2D eigenvalue weighted by Crippen LogP contribution is -2.08. The molecule has 0 bridgehead atoms. The molecule has 5 heteroatoms. The molecule has 0 fully saturated rings. The van der Waals surface area contributed by atoms with E-state index >= 15 is 0 Å². The number of nitrogens with zero attached hydrogens (tertiary/aromatic N) is 1. The molecule has 2 aromatic rings. The number of rotatable bonds is 6. The van der Waals surface area contributed by atoms with Gasteiger partial charge in [-0.1, -0.05) is 25.1 Å². The van der Waals surface area contributed by atoms with E-state index in [0.29, 0.717) is 11.5 Å². The van der Waals surface area contributed by atoms with Crippen LogP contribution in [-0.2, 0) is 12.8 Å². The Balaban J connectivity index is 1.90. The Kier molecular flexibility index (Phi) is 4.52. The maximum atomic E-state index is 7.33. The molecular weight excluding hydrogens is 258 g/mol. The Morgan fingerprint density at radius 3 is 2.89 bits per heavy atom. The molecule has 3 N–H and O–H groups in total. The van der Waals surface area contributed by atoms with Crippen LogP contribution in [0, 0.1) is 5.41 Å². The molecule has 0 aliphatic carbocycles. The summed E-state index contributed by atoms with van der Waals surface area (Å²) in [6, 6.07) is 8.06. The minimum absolute atomic E-state index is 0.0704. The predicted molar refractivity (Wildman–Crippen MR) is 78.1 cm³/mol. The molecule has 100 valence electrons. The highest BCUT2D eigenvalue weighted by molar-refractivity contribution is 7.13. The highest BCUT2D eigenvalue weighted by Crippen LogP contribution is 2.19. The van der Waals surface area contributed by atoms with Crippen molar-refractivity contribution in [1.29, 1.82) is 5.41 Å². The molecule has 19 heavy (non-hydrogen) atoms. The minimum Gasteiger partial charge on any atom is -0.493 e. The Labute approximate surface area is 116 Å². The molecule has 0 unspecified atom stereocenters. The van der Waals surface area contributed by atoms with Crippen LogP contribution < -0.4 is 10.5 Å². The Morgan fingerprint density at radius 1 is 1.42 bits per heavy atom. The van der Waals surface area contributed by atoms with Crippen molar-refractivity contribution in [2.45, 2.75) is 19.8 Å². The molecule has 4 nitrogen and oxygen atoms in total. The summed E-state index contributed by atoms with van der Waals surface area (Å²) in [5.74, 6) is 1.01. The van der Waals surface area contributed by atoms with E-state index in [1.54, 1.807) is 6.20 Å². The first-order valence-corrected chi connectivity index (χ1v) is 7.02. The summed E-state index contributed by atoms with van der Waals surface area (Å²) in [7, 11) is 0. The van der Waals surface area contributed by atoms with Crippen molar-refractivity contribution in [1.82, 2.24) is 4.98 Å². The van der Waals surface area contributed by atoms with Crippen molar-refractivity contribution in [3.63, 3.8) is 0 Å². The van der Waals surface area contributed by atoms with Gasteiger partial charge >= 0.3 is 0 Å². The van der Waals surface area contributed by atoms with Crippen LogP contribution in [0.3, 0.4) is 0 Å². The van der Waals surface area contributed by atoms with Gasteiger partial charge in [-0.2, -0.15) is 0 Å².